The first kappa shape index (κ1) is 16.6. The number of benzene rings is 2. The first-order valence-corrected chi connectivity index (χ1v) is 8.36. The molecule has 0 bridgehead atoms. The van der Waals surface area contributed by atoms with Crippen LogP contribution in [0.5, 0.6) is 5.75 Å². The molecule has 0 unspecified atom stereocenters. The van der Waals surface area contributed by atoms with E-state index >= 15 is 0 Å². The van der Waals surface area contributed by atoms with E-state index in [0.717, 1.165) is 37.3 Å². The van der Waals surface area contributed by atoms with Gasteiger partial charge in [-0.3, -0.25) is 0 Å². The molecule has 5 heteroatoms. The van der Waals surface area contributed by atoms with Gasteiger partial charge >= 0.3 is 0 Å². The molecular weight excluding hydrogens is 307 g/mol. The van der Waals surface area contributed by atoms with Gasteiger partial charge in [-0.05, 0) is 49.2 Å². The zero-order chi connectivity index (χ0) is 16.8. The first-order chi connectivity index (χ1) is 11.7. The third kappa shape index (κ3) is 4.38. The van der Waals surface area contributed by atoms with Crippen LogP contribution in [0.1, 0.15) is 12.8 Å². The largest absolute Gasteiger partial charge is 0.492 e. The van der Waals surface area contributed by atoms with Crippen LogP contribution in [0.2, 0.25) is 0 Å². The maximum absolute atomic E-state index is 12.9. The molecule has 1 fully saturated rings. The number of rotatable bonds is 6. The van der Waals surface area contributed by atoms with E-state index in [0.29, 0.717) is 18.9 Å². The number of piperidine rings is 1. The number of para-hydroxylation sites is 2. The molecule has 2 N–H and O–H groups in total. The highest BCUT2D eigenvalue weighted by Gasteiger charge is 2.18. The number of hydrogen-bond acceptors (Lipinski definition) is 4. The van der Waals surface area contributed by atoms with Crippen LogP contribution in [0.25, 0.3) is 0 Å². The van der Waals surface area contributed by atoms with Crippen LogP contribution in [0.15, 0.2) is 48.5 Å². The predicted molar refractivity (Wildman–Crippen MR) is 94.3 cm³/mol. The fourth-order valence-electron chi connectivity index (χ4n) is 2.89. The summed E-state index contributed by atoms with van der Waals surface area (Å²) in [4.78, 5) is 2.30. The summed E-state index contributed by atoms with van der Waals surface area (Å²) >= 11 is 0. The summed E-state index contributed by atoms with van der Waals surface area (Å²) in [6.45, 7) is 2.89. The second-order valence-electron chi connectivity index (χ2n) is 5.96. The van der Waals surface area contributed by atoms with Gasteiger partial charge in [0.25, 0.3) is 0 Å². The molecule has 0 spiro atoms. The monoisotopic (exact) mass is 330 g/mol. The van der Waals surface area contributed by atoms with Crippen LogP contribution >= 0.6 is 0 Å². The summed E-state index contributed by atoms with van der Waals surface area (Å²) in [5, 5.41) is 13.1. The zero-order valence-electron chi connectivity index (χ0n) is 13.6. The van der Waals surface area contributed by atoms with Crippen molar-refractivity contribution in [2.45, 2.75) is 18.9 Å². The van der Waals surface area contributed by atoms with Gasteiger partial charge in [-0.25, -0.2) is 4.39 Å². The summed E-state index contributed by atoms with van der Waals surface area (Å²) in [7, 11) is 0. The molecule has 0 aromatic heterocycles. The normalized spacial score (nSPS) is 15.3. The smallest absolute Gasteiger partial charge is 0.123 e. The van der Waals surface area contributed by atoms with Gasteiger partial charge < -0.3 is 20.1 Å². The van der Waals surface area contributed by atoms with Crippen molar-refractivity contribution in [1.29, 1.82) is 0 Å². The number of hydrogen-bond donors (Lipinski definition) is 2. The van der Waals surface area contributed by atoms with Gasteiger partial charge in [0.05, 0.1) is 17.5 Å². The fourth-order valence-corrected chi connectivity index (χ4v) is 2.89. The van der Waals surface area contributed by atoms with Gasteiger partial charge in [-0.1, -0.05) is 12.1 Å². The second kappa shape index (κ2) is 8.02. The molecule has 1 aliphatic heterocycles. The lowest BCUT2D eigenvalue weighted by atomic mass is 10.1. The van der Waals surface area contributed by atoms with Crippen LogP contribution in [-0.4, -0.2) is 37.5 Å². The Morgan fingerprint density at radius 2 is 1.79 bits per heavy atom. The lowest BCUT2D eigenvalue weighted by Gasteiger charge is -2.33. The number of aliphatic hydroxyl groups is 1. The minimum absolute atomic E-state index is 0.175. The summed E-state index contributed by atoms with van der Waals surface area (Å²) in [5.74, 6) is 0.401. The molecule has 1 saturated heterocycles. The Balaban J connectivity index is 1.52. The lowest BCUT2D eigenvalue weighted by molar-refractivity contribution is 0.145. The Bertz CT molecular complexity index is 640. The van der Waals surface area contributed by atoms with Gasteiger partial charge in [0.1, 0.15) is 18.2 Å². The zero-order valence-corrected chi connectivity index (χ0v) is 13.6. The summed E-state index contributed by atoms with van der Waals surface area (Å²) in [5.41, 5.74) is 2.22. The molecule has 128 valence electrons. The molecule has 2 aromatic rings. The highest BCUT2D eigenvalue weighted by molar-refractivity contribution is 5.70. The Hall–Kier alpha value is -2.27. The van der Waals surface area contributed by atoms with E-state index in [2.05, 4.69) is 22.3 Å². The van der Waals surface area contributed by atoms with Crippen molar-refractivity contribution in [1.82, 2.24) is 0 Å². The van der Waals surface area contributed by atoms with E-state index in [1.165, 1.54) is 12.1 Å². The van der Waals surface area contributed by atoms with Crippen LogP contribution in [0.3, 0.4) is 0 Å². The first-order valence-electron chi connectivity index (χ1n) is 8.36. The van der Waals surface area contributed by atoms with Crippen molar-refractivity contribution < 1.29 is 14.2 Å². The van der Waals surface area contributed by atoms with Crippen molar-refractivity contribution in [2.24, 2.45) is 0 Å². The molecule has 3 rings (SSSR count). The number of aliphatic hydroxyl groups excluding tert-OH is 1. The third-order valence-corrected chi connectivity index (χ3v) is 4.21. The SMILES string of the molecule is OC1CCN(c2ccccc2NCCOc2ccc(F)cc2)CC1. The maximum Gasteiger partial charge on any atom is 0.123 e. The molecule has 0 amide bonds. The molecular formula is C19H23FN2O2. The predicted octanol–water partition coefficient (Wildman–Crippen LogP) is 3.28. The minimum atomic E-state index is -0.263. The second-order valence-corrected chi connectivity index (χ2v) is 5.96. The van der Waals surface area contributed by atoms with Gasteiger partial charge in [0.15, 0.2) is 0 Å². The Morgan fingerprint density at radius 1 is 1.08 bits per heavy atom. The highest BCUT2D eigenvalue weighted by Crippen LogP contribution is 2.28. The fraction of sp³-hybridized carbons (Fsp3) is 0.368. The summed E-state index contributed by atoms with van der Waals surface area (Å²) < 4.78 is 18.5. The van der Waals surface area contributed by atoms with Crippen molar-refractivity contribution in [2.75, 3.05) is 36.5 Å². The quantitative estimate of drug-likeness (QED) is 0.798. The number of halogens is 1. The number of ether oxygens (including phenoxy) is 1. The van der Waals surface area contributed by atoms with Gasteiger partial charge in [-0.2, -0.15) is 0 Å². The molecule has 0 atom stereocenters. The van der Waals surface area contributed by atoms with Crippen molar-refractivity contribution in [3.05, 3.63) is 54.3 Å². The van der Waals surface area contributed by atoms with Crippen LogP contribution in [0, 0.1) is 5.82 Å². The van der Waals surface area contributed by atoms with E-state index in [1.54, 1.807) is 12.1 Å². The van der Waals surface area contributed by atoms with Gasteiger partial charge in [0, 0.05) is 19.6 Å². The Labute approximate surface area is 141 Å². The average molecular weight is 330 g/mol. The number of anilines is 2. The van der Waals surface area contributed by atoms with Crippen LogP contribution in [0.4, 0.5) is 15.8 Å². The summed E-state index contributed by atoms with van der Waals surface area (Å²) in [6, 6.07) is 14.2. The van der Waals surface area contributed by atoms with Crippen LogP contribution in [-0.2, 0) is 0 Å². The topological polar surface area (TPSA) is 44.7 Å². The third-order valence-electron chi connectivity index (χ3n) is 4.21. The molecule has 2 aromatic carbocycles. The van der Waals surface area contributed by atoms with E-state index in [9.17, 15) is 9.50 Å². The number of nitrogens with zero attached hydrogens (tertiary/aromatic N) is 1. The van der Waals surface area contributed by atoms with E-state index < -0.39 is 0 Å². The summed E-state index contributed by atoms with van der Waals surface area (Å²) in [6.07, 6.45) is 1.44. The van der Waals surface area contributed by atoms with Gasteiger partial charge in [-0.15, -0.1) is 0 Å². The molecule has 0 saturated carbocycles. The minimum Gasteiger partial charge on any atom is -0.492 e. The van der Waals surface area contributed by atoms with Crippen molar-refractivity contribution in [3.8, 4) is 5.75 Å². The van der Waals surface area contributed by atoms with E-state index in [4.69, 9.17) is 4.74 Å². The molecule has 1 heterocycles. The number of nitrogens with one attached hydrogen (secondary N) is 1. The Morgan fingerprint density at radius 3 is 2.54 bits per heavy atom. The van der Waals surface area contributed by atoms with Gasteiger partial charge in [0.2, 0.25) is 0 Å². The van der Waals surface area contributed by atoms with E-state index in [-0.39, 0.29) is 11.9 Å². The molecule has 24 heavy (non-hydrogen) atoms. The standard InChI is InChI=1S/C19H23FN2O2/c20-15-5-7-17(8-6-15)24-14-11-21-18-3-1-2-4-19(18)22-12-9-16(23)10-13-22/h1-8,16,21,23H,9-14H2. The van der Waals surface area contributed by atoms with Crippen LogP contribution < -0.4 is 15.0 Å². The molecule has 1 aliphatic rings. The Kier molecular flexibility index (Phi) is 5.54. The molecule has 4 nitrogen and oxygen atoms in total. The average Bonchev–Trinajstić information content (AvgIpc) is 2.61. The molecule has 0 radical (unpaired) electrons. The van der Waals surface area contributed by atoms with Crippen molar-refractivity contribution >= 4 is 11.4 Å². The van der Waals surface area contributed by atoms with E-state index in [1.807, 2.05) is 12.1 Å². The van der Waals surface area contributed by atoms with Crippen molar-refractivity contribution in [3.63, 3.8) is 0 Å². The lowest BCUT2D eigenvalue weighted by Crippen LogP contribution is -2.36. The molecule has 0 aliphatic carbocycles. The highest BCUT2D eigenvalue weighted by atomic mass is 19.1. The maximum atomic E-state index is 12.9.